The minimum atomic E-state index is -1.24. The molecule has 0 unspecified atom stereocenters. The van der Waals surface area contributed by atoms with Crippen LogP contribution in [0, 0.1) is 48.7 Å². The summed E-state index contributed by atoms with van der Waals surface area (Å²) in [6.45, 7) is -0.178. The lowest BCUT2D eigenvalue weighted by atomic mass is 9.88. The fourth-order valence-corrected chi connectivity index (χ4v) is 4.90. The summed E-state index contributed by atoms with van der Waals surface area (Å²) in [4.78, 5) is 1.79. The fourth-order valence-electron chi connectivity index (χ4n) is 4.90. The van der Waals surface area contributed by atoms with Crippen LogP contribution >= 0.6 is 0 Å². The van der Waals surface area contributed by atoms with Crippen molar-refractivity contribution in [3.8, 4) is 0 Å². The van der Waals surface area contributed by atoms with E-state index in [2.05, 4.69) is 5.32 Å². The topological polar surface area (TPSA) is 670 Å². The van der Waals surface area contributed by atoms with E-state index in [1.807, 2.05) is 6.92 Å². The summed E-state index contributed by atoms with van der Waals surface area (Å²) in [5.74, 6) is 0. The number of aliphatic hydroxyl groups is 31. The van der Waals surface area contributed by atoms with E-state index >= 15 is 0 Å². The molecule has 36 nitrogen and oxygen atoms in total. The van der Waals surface area contributed by atoms with Gasteiger partial charge in [0.05, 0.1) is 277 Å². The van der Waals surface area contributed by atoms with Gasteiger partial charge in [-0.05, 0) is 6.42 Å². The smallest absolute Gasteiger partial charge is 0.0632 e. The Morgan fingerprint density at radius 1 is 0.239 bits per heavy atom. The van der Waals surface area contributed by atoms with Crippen LogP contribution in [0.2, 0.25) is 0 Å². The van der Waals surface area contributed by atoms with Gasteiger partial charge in [-0.3, -0.25) is 4.90 Å². The lowest BCUT2D eigenvalue weighted by molar-refractivity contribution is -0.127. The second kappa shape index (κ2) is 66.8. The summed E-state index contributed by atoms with van der Waals surface area (Å²) in [5, 5.41) is 275. The molecule has 0 saturated carbocycles. The zero-order chi connectivity index (χ0) is 73.3. The zero-order valence-corrected chi connectivity index (χ0v) is 54.9. The van der Waals surface area contributed by atoms with Gasteiger partial charge in [0.2, 0.25) is 0 Å². The van der Waals surface area contributed by atoms with Crippen LogP contribution in [0.4, 0.5) is 0 Å². The minimum absolute atomic E-state index is 0.0451. The molecule has 0 aliphatic heterocycles. The Labute approximate surface area is 541 Å². The highest BCUT2D eigenvalue weighted by atomic mass is 16.5. The summed E-state index contributed by atoms with van der Waals surface area (Å²) < 4.78 is 15.9. The first-order valence-corrected chi connectivity index (χ1v) is 29.6. The van der Waals surface area contributed by atoms with Gasteiger partial charge in [0.25, 0.3) is 0 Å². The molecule has 0 radical (unpaired) electrons. The van der Waals surface area contributed by atoms with Gasteiger partial charge in [0.15, 0.2) is 0 Å². The van der Waals surface area contributed by atoms with E-state index in [1.54, 1.807) is 25.7 Å². The van der Waals surface area contributed by atoms with Gasteiger partial charge in [-0.2, -0.15) is 0 Å². The van der Waals surface area contributed by atoms with E-state index < -0.39 is 162 Å². The predicted octanol–water partition coefficient (Wildman–Crippen LogP) is -14.1. The molecule has 0 aliphatic carbocycles. The third-order valence-electron chi connectivity index (χ3n) is 14.1. The van der Waals surface area contributed by atoms with E-state index in [0.717, 1.165) is 0 Å². The van der Waals surface area contributed by atoms with Crippen molar-refractivity contribution < 1.29 is 173 Å². The molecule has 0 aromatic heterocycles. The molecule has 0 atom stereocenters. The summed E-state index contributed by atoms with van der Waals surface area (Å²) in [5.41, 5.74) is -8.80. The maximum Gasteiger partial charge on any atom is 0.0632 e. The Hall–Kier alpha value is -1.44. The highest BCUT2D eigenvalue weighted by Gasteiger charge is 2.37. The number of hydrogen-bond donors (Lipinski definition) is 32. The zero-order valence-electron chi connectivity index (χ0n) is 54.9. The average Bonchev–Trinajstić information content (AvgIpc) is 2.20. The SMILES string of the molecule is CC(C)(CO)CO.CC(CO)(CO)CO.CCC(CO)(CO)CO.OCC(CO)(CO)CO.OCC(CO)(CO)COCC(CO)(CO)CO.OCC(CO)(CO)COCC(CO)(CO)COCC(CO)(CO)CO.OCCN(CCO)CCO.OCCNCCO. The van der Waals surface area contributed by atoms with Gasteiger partial charge in [-0.1, -0.05) is 27.7 Å². The highest BCUT2D eigenvalue weighted by molar-refractivity contribution is 4.84. The van der Waals surface area contributed by atoms with Crippen LogP contribution in [0.5, 0.6) is 0 Å². The molecule has 0 rings (SSSR count). The Bertz CT molecular complexity index is 1270. The first-order valence-electron chi connectivity index (χ1n) is 29.6. The van der Waals surface area contributed by atoms with Gasteiger partial charge >= 0.3 is 0 Å². The van der Waals surface area contributed by atoms with E-state index in [1.165, 1.54) is 0 Å². The van der Waals surface area contributed by atoms with Crippen molar-refractivity contribution >= 4 is 0 Å². The largest absolute Gasteiger partial charge is 0.396 e. The van der Waals surface area contributed by atoms with Crippen LogP contribution in [0.3, 0.4) is 0 Å². The third kappa shape index (κ3) is 50.0. The number of nitrogens with one attached hydrogen (secondary N) is 1. The van der Waals surface area contributed by atoms with Gasteiger partial charge in [0, 0.05) is 49.0 Å². The molecule has 0 aromatic rings. The highest BCUT2D eigenvalue weighted by Crippen LogP contribution is 2.24. The van der Waals surface area contributed by atoms with Crippen LogP contribution < -0.4 is 5.32 Å². The molecule has 0 aliphatic rings. The lowest BCUT2D eigenvalue weighted by Gasteiger charge is -2.34. The van der Waals surface area contributed by atoms with Crippen molar-refractivity contribution in [3.63, 3.8) is 0 Å². The van der Waals surface area contributed by atoms with Crippen molar-refractivity contribution in [2.24, 2.45) is 48.7 Å². The molecule has 568 valence electrons. The number of ether oxygens (including phenoxy) is 3. The van der Waals surface area contributed by atoms with Crippen molar-refractivity contribution in [1.82, 2.24) is 10.2 Å². The van der Waals surface area contributed by atoms with Gasteiger partial charge in [0.1, 0.15) is 0 Å². The molecule has 0 bridgehead atoms. The molecule has 0 heterocycles. The van der Waals surface area contributed by atoms with E-state index in [4.69, 9.17) is 132 Å². The fraction of sp³-hybridized carbons (Fsp3) is 1.00. The van der Waals surface area contributed by atoms with Crippen molar-refractivity contribution in [3.05, 3.63) is 0 Å². The number of hydrogen-bond acceptors (Lipinski definition) is 36. The van der Waals surface area contributed by atoms with Crippen LogP contribution in [0.25, 0.3) is 0 Å². The molecule has 0 aromatic carbocycles. The molecule has 32 N–H and O–H groups in total. The quantitative estimate of drug-likeness (QED) is 0.0252. The van der Waals surface area contributed by atoms with Crippen molar-refractivity contribution in [1.29, 1.82) is 0 Å². The minimum Gasteiger partial charge on any atom is -0.396 e. The summed E-state index contributed by atoms with van der Waals surface area (Å²) >= 11 is 0. The molecule has 0 saturated heterocycles. The second-order valence-electron chi connectivity index (χ2n) is 23.6. The Balaban J connectivity index is -0.000000154. The van der Waals surface area contributed by atoms with E-state index in [-0.39, 0.29) is 131 Å². The molecule has 0 fully saturated rings. The van der Waals surface area contributed by atoms with Crippen LogP contribution in [-0.2, 0) is 14.2 Å². The second-order valence-corrected chi connectivity index (χ2v) is 23.6. The summed E-state index contributed by atoms with van der Waals surface area (Å²) in [6, 6.07) is 0. The van der Waals surface area contributed by atoms with Crippen molar-refractivity contribution in [2.45, 2.75) is 34.1 Å². The third-order valence-corrected chi connectivity index (χ3v) is 14.1. The lowest BCUT2D eigenvalue weighted by Crippen LogP contribution is -2.45. The first kappa shape index (κ1) is 107. The molecule has 0 spiro atoms. The number of rotatable bonds is 49. The van der Waals surface area contributed by atoms with Gasteiger partial charge in [-0.25, -0.2) is 0 Å². The maximum atomic E-state index is 9.56. The Morgan fingerprint density at radius 3 is 0.533 bits per heavy atom. The number of nitrogens with zero attached hydrogens (tertiary/aromatic N) is 1. The van der Waals surface area contributed by atoms with Crippen LogP contribution in [0.15, 0.2) is 0 Å². The van der Waals surface area contributed by atoms with Gasteiger partial charge in [-0.15, -0.1) is 0 Å². The number of aliphatic hydroxyl groups excluding tert-OH is 31. The van der Waals surface area contributed by atoms with Crippen LogP contribution in [0.1, 0.15) is 34.1 Å². The van der Waals surface area contributed by atoms with Crippen LogP contribution in [-0.4, -0.2) is 440 Å². The van der Waals surface area contributed by atoms with E-state index in [0.29, 0.717) is 39.1 Å². The predicted molar refractivity (Wildman–Crippen MR) is 331 cm³/mol. The van der Waals surface area contributed by atoms with E-state index in [9.17, 15) is 40.9 Å². The monoisotopic (exact) mass is 1370 g/mol. The molecule has 36 heteroatoms. The summed E-state index contributed by atoms with van der Waals surface area (Å²) in [6.07, 6.45) is 0.594. The first-order chi connectivity index (χ1) is 43.5. The van der Waals surface area contributed by atoms with Crippen molar-refractivity contribution in [2.75, 3.05) is 277 Å². The normalized spacial score (nSPS) is 12.3. The Morgan fingerprint density at radius 2 is 0.435 bits per heavy atom. The Kier molecular flexibility index (Phi) is 77.4. The molecule has 92 heavy (non-hydrogen) atoms. The molecule has 0 amide bonds. The molecular weight excluding hydrogens is 1240 g/mol. The maximum absolute atomic E-state index is 9.56. The van der Waals surface area contributed by atoms with Gasteiger partial charge < -0.3 is 178 Å². The average molecular weight is 1380 g/mol. The standard InChI is InChI=1S/C15H32O10.C10H22O7.C6H15NO3.C6H14O3.C5H12O4.C5H12O3.C5H12O2.C4H11NO2/c16-1-13(2-17,3-18)9-24-11-15(7-22,8-23)12-25-10-14(4-19,5-20)6-21;11-1-9(2-12,3-13)7-17-8-10(4-14,5-15)6-16;8-4-1-7(2-5-9)3-6-10;1-2-6(3-7,4-8)5-9;6-1-5(2-7,3-8)4-9;1-5(2-6,3-7)4-8;1-5(2,3-6)4-7;6-3-1-5-2-4-7/h16-23H,1-12H2;11-16H,1-8H2;8-10H,1-6H2;7-9H,2-5H2,1H3;6-9H,1-4H2;6-8H,2-4H2,1H3;6-7H,3-4H2,1-2H3;5-7H,1-4H2. The molecular formula is C56H130N2O34. The summed E-state index contributed by atoms with van der Waals surface area (Å²) in [7, 11) is 0.